The first kappa shape index (κ1) is 18.4. The number of halogens is 3. The molecule has 0 aliphatic rings. The lowest BCUT2D eigenvalue weighted by atomic mass is 10.2. The van der Waals surface area contributed by atoms with E-state index in [9.17, 15) is 18.0 Å². The zero-order chi connectivity index (χ0) is 19.2. The summed E-state index contributed by atoms with van der Waals surface area (Å²) in [6.45, 7) is -2.90. The molecule has 0 unspecified atom stereocenters. The molecule has 0 saturated heterocycles. The molecule has 140 valence electrons. The van der Waals surface area contributed by atoms with Crippen LogP contribution in [0.5, 0.6) is 5.75 Å². The van der Waals surface area contributed by atoms with E-state index in [1.807, 2.05) is 0 Å². The zero-order valence-electron chi connectivity index (χ0n) is 13.9. The Hall–Kier alpha value is -3.36. The molecular weight excluding hydrogens is 363 g/mol. The Balaban J connectivity index is 1.51. The van der Waals surface area contributed by atoms with Crippen LogP contribution in [0.1, 0.15) is 12.3 Å². The van der Waals surface area contributed by atoms with Crippen molar-refractivity contribution >= 4 is 11.6 Å². The van der Waals surface area contributed by atoms with Gasteiger partial charge in [0.1, 0.15) is 11.6 Å². The number of hydrogen-bond acceptors (Lipinski definition) is 5. The Morgan fingerprint density at radius 2 is 1.81 bits per heavy atom. The highest BCUT2D eigenvalue weighted by atomic mass is 19.3. The fraction of sp³-hybridized carbons (Fsp3) is 0.167. The van der Waals surface area contributed by atoms with Gasteiger partial charge in [-0.05, 0) is 48.5 Å². The van der Waals surface area contributed by atoms with Crippen molar-refractivity contribution in [1.29, 1.82) is 0 Å². The van der Waals surface area contributed by atoms with Crippen molar-refractivity contribution in [2.75, 3.05) is 5.32 Å². The molecule has 1 amide bonds. The molecule has 1 N–H and O–H groups in total. The summed E-state index contributed by atoms with van der Waals surface area (Å²) in [5.41, 5.74) is 1.04. The predicted molar refractivity (Wildman–Crippen MR) is 89.7 cm³/mol. The third-order valence-corrected chi connectivity index (χ3v) is 3.50. The smallest absolute Gasteiger partial charge is 0.387 e. The maximum atomic E-state index is 12.9. The number of carbonyl (C=O) groups excluding carboxylic acids is 1. The third kappa shape index (κ3) is 5.30. The minimum Gasteiger partial charge on any atom is -0.435 e. The highest BCUT2D eigenvalue weighted by molar-refractivity contribution is 5.90. The molecule has 0 atom stereocenters. The molecule has 0 aliphatic carbocycles. The van der Waals surface area contributed by atoms with Crippen LogP contribution in [0.25, 0.3) is 11.4 Å². The summed E-state index contributed by atoms with van der Waals surface area (Å²) < 4.78 is 46.4. The number of ether oxygens (including phenoxy) is 1. The summed E-state index contributed by atoms with van der Waals surface area (Å²) in [5.74, 6) is -0.0978. The number of rotatable bonds is 7. The van der Waals surface area contributed by atoms with E-state index in [0.717, 1.165) is 0 Å². The first-order valence-corrected chi connectivity index (χ1v) is 7.93. The van der Waals surface area contributed by atoms with E-state index in [0.29, 0.717) is 17.1 Å². The lowest BCUT2D eigenvalue weighted by molar-refractivity contribution is -0.116. The zero-order valence-corrected chi connectivity index (χ0v) is 13.9. The highest BCUT2D eigenvalue weighted by Gasteiger charge is 2.11. The van der Waals surface area contributed by atoms with Crippen LogP contribution < -0.4 is 10.1 Å². The molecule has 9 heteroatoms. The predicted octanol–water partition coefficient (Wildman–Crippen LogP) is 4.05. The first-order chi connectivity index (χ1) is 13.0. The van der Waals surface area contributed by atoms with Gasteiger partial charge < -0.3 is 14.6 Å². The van der Waals surface area contributed by atoms with E-state index in [-0.39, 0.29) is 36.2 Å². The van der Waals surface area contributed by atoms with Gasteiger partial charge in [0.05, 0.1) is 0 Å². The average molecular weight is 377 g/mol. The molecule has 1 aromatic heterocycles. The lowest BCUT2D eigenvalue weighted by Gasteiger charge is -2.07. The SMILES string of the molecule is O=C(CCc1nc(-c2ccc(F)cc2)no1)Nc1ccc(OC(F)F)cc1. The van der Waals surface area contributed by atoms with E-state index >= 15 is 0 Å². The molecule has 1 heterocycles. The largest absolute Gasteiger partial charge is 0.435 e. The summed E-state index contributed by atoms with van der Waals surface area (Å²) in [7, 11) is 0. The van der Waals surface area contributed by atoms with E-state index in [4.69, 9.17) is 4.52 Å². The Labute approximate surface area is 152 Å². The maximum Gasteiger partial charge on any atom is 0.387 e. The molecule has 0 saturated carbocycles. The molecule has 6 nitrogen and oxygen atoms in total. The molecule has 0 aliphatic heterocycles. The molecule has 0 bridgehead atoms. The van der Waals surface area contributed by atoms with Gasteiger partial charge in [-0.25, -0.2) is 4.39 Å². The molecule has 3 aromatic rings. The Kier molecular flexibility index (Phi) is 5.70. The number of benzene rings is 2. The summed E-state index contributed by atoms with van der Waals surface area (Å²) in [4.78, 5) is 16.1. The van der Waals surface area contributed by atoms with Gasteiger partial charge in [0.15, 0.2) is 0 Å². The second-order valence-electron chi connectivity index (χ2n) is 5.47. The van der Waals surface area contributed by atoms with Gasteiger partial charge in [-0.3, -0.25) is 4.79 Å². The third-order valence-electron chi connectivity index (χ3n) is 3.50. The number of amides is 1. The summed E-state index contributed by atoms with van der Waals surface area (Å²) in [6.07, 6.45) is 0.299. The van der Waals surface area contributed by atoms with Crippen LogP contribution in [0.4, 0.5) is 18.9 Å². The molecule has 27 heavy (non-hydrogen) atoms. The second kappa shape index (κ2) is 8.35. The van der Waals surface area contributed by atoms with Gasteiger partial charge in [-0.2, -0.15) is 13.8 Å². The van der Waals surface area contributed by atoms with Crippen LogP contribution in [0, 0.1) is 5.82 Å². The average Bonchev–Trinajstić information content (AvgIpc) is 3.11. The van der Waals surface area contributed by atoms with Crippen molar-refractivity contribution in [1.82, 2.24) is 10.1 Å². The molecule has 3 rings (SSSR count). The molecule has 0 fully saturated rings. The van der Waals surface area contributed by atoms with Gasteiger partial charge in [0.25, 0.3) is 0 Å². The van der Waals surface area contributed by atoms with E-state index < -0.39 is 6.61 Å². The van der Waals surface area contributed by atoms with E-state index in [1.54, 1.807) is 0 Å². The fourth-order valence-electron chi connectivity index (χ4n) is 2.24. The van der Waals surface area contributed by atoms with Gasteiger partial charge in [0, 0.05) is 24.1 Å². The first-order valence-electron chi connectivity index (χ1n) is 7.93. The Bertz CT molecular complexity index is 896. The number of nitrogens with one attached hydrogen (secondary N) is 1. The highest BCUT2D eigenvalue weighted by Crippen LogP contribution is 2.19. The maximum absolute atomic E-state index is 12.9. The van der Waals surface area contributed by atoms with Crippen molar-refractivity contribution < 1.29 is 27.2 Å². The molecule has 0 radical (unpaired) electrons. The lowest BCUT2D eigenvalue weighted by Crippen LogP contribution is -2.12. The molecular formula is C18H14F3N3O3. The Morgan fingerprint density at radius 1 is 1.11 bits per heavy atom. The minimum absolute atomic E-state index is 0.00202. The summed E-state index contributed by atoms with van der Waals surface area (Å²) in [5, 5.41) is 6.42. The van der Waals surface area contributed by atoms with Gasteiger partial charge in [-0.15, -0.1) is 0 Å². The van der Waals surface area contributed by atoms with Crippen molar-refractivity contribution in [2.24, 2.45) is 0 Å². The number of alkyl halides is 2. The van der Waals surface area contributed by atoms with Gasteiger partial charge in [-0.1, -0.05) is 5.16 Å². The van der Waals surface area contributed by atoms with E-state index in [1.165, 1.54) is 48.5 Å². The van der Waals surface area contributed by atoms with Crippen molar-refractivity contribution in [3.05, 3.63) is 60.2 Å². The number of aromatic nitrogens is 2. The van der Waals surface area contributed by atoms with Crippen LogP contribution in [0.15, 0.2) is 53.1 Å². The van der Waals surface area contributed by atoms with Gasteiger partial charge >= 0.3 is 6.61 Å². The second-order valence-corrected chi connectivity index (χ2v) is 5.47. The van der Waals surface area contributed by atoms with Crippen LogP contribution in [0.2, 0.25) is 0 Å². The van der Waals surface area contributed by atoms with Crippen LogP contribution in [0.3, 0.4) is 0 Å². The topological polar surface area (TPSA) is 77.2 Å². The summed E-state index contributed by atoms with van der Waals surface area (Å²) >= 11 is 0. The van der Waals surface area contributed by atoms with Crippen molar-refractivity contribution in [3.8, 4) is 17.1 Å². The number of anilines is 1. The standard InChI is InChI=1S/C18H14F3N3O3/c19-12-3-1-11(2-4-12)17-23-16(27-24-17)10-9-15(25)22-13-5-7-14(8-6-13)26-18(20)21/h1-8,18H,9-10H2,(H,22,25). The quantitative estimate of drug-likeness (QED) is 0.672. The van der Waals surface area contributed by atoms with Crippen LogP contribution >= 0.6 is 0 Å². The minimum atomic E-state index is -2.90. The normalized spacial score (nSPS) is 10.8. The summed E-state index contributed by atoms with van der Waals surface area (Å²) in [6, 6.07) is 11.2. The monoisotopic (exact) mass is 377 g/mol. The number of nitrogens with zero attached hydrogens (tertiary/aromatic N) is 2. The van der Waals surface area contributed by atoms with Crippen molar-refractivity contribution in [2.45, 2.75) is 19.5 Å². The molecule has 2 aromatic carbocycles. The fourth-order valence-corrected chi connectivity index (χ4v) is 2.24. The number of hydrogen-bond donors (Lipinski definition) is 1. The Morgan fingerprint density at radius 3 is 2.48 bits per heavy atom. The van der Waals surface area contributed by atoms with Crippen LogP contribution in [-0.4, -0.2) is 22.7 Å². The van der Waals surface area contributed by atoms with Crippen molar-refractivity contribution in [3.63, 3.8) is 0 Å². The number of aryl methyl sites for hydroxylation is 1. The molecule has 0 spiro atoms. The van der Waals surface area contributed by atoms with Crippen LogP contribution in [-0.2, 0) is 11.2 Å². The number of carbonyl (C=O) groups is 1. The van der Waals surface area contributed by atoms with Gasteiger partial charge in [0.2, 0.25) is 17.6 Å². The van der Waals surface area contributed by atoms with E-state index in [2.05, 4.69) is 20.2 Å².